The summed E-state index contributed by atoms with van der Waals surface area (Å²) in [5.41, 5.74) is 4.88. The van der Waals surface area contributed by atoms with Gasteiger partial charge in [-0.2, -0.15) is 11.8 Å². The number of thioether (sulfide) groups is 1. The van der Waals surface area contributed by atoms with Crippen LogP contribution in [0.25, 0.3) is 23.3 Å². The second-order valence-electron chi connectivity index (χ2n) is 8.36. The average molecular weight is 529 g/mol. The molecule has 190 valence electrons. The Morgan fingerprint density at radius 2 is 1.95 bits per heavy atom. The van der Waals surface area contributed by atoms with Crippen molar-refractivity contribution in [1.29, 1.82) is 0 Å². The molecular weight excluding hydrogens is 495 g/mol. The van der Waals surface area contributed by atoms with Gasteiger partial charge >= 0.3 is 35.5 Å². The van der Waals surface area contributed by atoms with Gasteiger partial charge in [-0.15, -0.1) is 0 Å². The van der Waals surface area contributed by atoms with E-state index >= 15 is 0 Å². The molecule has 1 unspecified atom stereocenters. The number of nitrogens with one attached hydrogen (secondary N) is 1. The molecule has 0 spiro atoms. The number of amides is 1. The molecule has 1 aromatic heterocycles. The molecule has 1 heterocycles. The summed E-state index contributed by atoms with van der Waals surface area (Å²) in [6, 6.07) is 14.3. The first-order valence-corrected chi connectivity index (χ1v) is 13.3. The second kappa shape index (κ2) is 15.6. The molecule has 2 N–H and O–H groups in total. The largest absolute Gasteiger partial charge is 1.00 e. The maximum absolute atomic E-state index is 13.2. The van der Waals surface area contributed by atoms with Crippen LogP contribution in [0.5, 0.6) is 5.75 Å². The summed E-state index contributed by atoms with van der Waals surface area (Å²) in [7, 11) is 0. The summed E-state index contributed by atoms with van der Waals surface area (Å²) in [5, 5.41) is 12.3. The van der Waals surface area contributed by atoms with Crippen LogP contribution >= 0.6 is 11.8 Å². The van der Waals surface area contributed by atoms with E-state index < -0.39 is 17.9 Å². The number of pyridine rings is 1. The van der Waals surface area contributed by atoms with E-state index in [-0.39, 0.29) is 31.0 Å². The van der Waals surface area contributed by atoms with Gasteiger partial charge in [-0.3, -0.25) is 9.78 Å². The van der Waals surface area contributed by atoms with E-state index in [4.69, 9.17) is 4.74 Å². The maximum atomic E-state index is 13.2. The number of carbonyl (C=O) groups excluding carboxylic acids is 1. The van der Waals surface area contributed by atoms with Crippen molar-refractivity contribution >= 4 is 35.8 Å². The summed E-state index contributed by atoms with van der Waals surface area (Å²) >= 11 is 1.55. The van der Waals surface area contributed by atoms with Crippen molar-refractivity contribution < 1.29 is 50.4 Å². The average Bonchev–Trinajstić information content (AvgIpc) is 2.89. The third-order valence-electron chi connectivity index (χ3n) is 5.66. The summed E-state index contributed by atoms with van der Waals surface area (Å²) in [4.78, 5) is 29.1. The molecule has 0 aliphatic rings. The van der Waals surface area contributed by atoms with Gasteiger partial charge < -0.3 is 16.6 Å². The van der Waals surface area contributed by atoms with Gasteiger partial charge in [-0.05, 0) is 78.3 Å². The molecule has 0 fully saturated rings. The van der Waals surface area contributed by atoms with Crippen molar-refractivity contribution in [3.63, 3.8) is 0 Å². The number of rotatable bonds is 12. The van der Waals surface area contributed by atoms with Crippen molar-refractivity contribution in [3.05, 3.63) is 83.2 Å². The van der Waals surface area contributed by atoms with Crippen LogP contribution in [0.1, 0.15) is 48.2 Å². The van der Waals surface area contributed by atoms with Gasteiger partial charge in [0.1, 0.15) is 11.8 Å². The predicted molar refractivity (Wildman–Crippen MR) is 149 cm³/mol. The normalized spacial score (nSPS) is 11.5. The number of carboxylic acids is 1. The zero-order valence-corrected chi connectivity index (χ0v) is 24.7. The molecule has 1 atom stereocenters. The topological polar surface area (TPSA) is 88.5 Å². The first kappa shape index (κ1) is 30.6. The minimum absolute atomic E-state index is 0. The van der Waals surface area contributed by atoms with E-state index in [1.54, 1.807) is 30.2 Å². The van der Waals surface area contributed by atoms with E-state index in [1.165, 1.54) is 0 Å². The third kappa shape index (κ3) is 8.75. The van der Waals surface area contributed by atoms with Gasteiger partial charge in [0.05, 0.1) is 6.61 Å². The molecule has 37 heavy (non-hydrogen) atoms. The van der Waals surface area contributed by atoms with Gasteiger partial charge in [0.15, 0.2) is 0 Å². The van der Waals surface area contributed by atoms with Crippen LogP contribution in [0.15, 0.2) is 60.9 Å². The van der Waals surface area contributed by atoms with E-state index in [0.717, 1.165) is 40.0 Å². The fourth-order valence-electron chi connectivity index (χ4n) is 3.74. The summed E-state index contributed by atoms with van der Waals surface area (Å²) in [6.45, 7) is 4.67. The quantitative estimate of drug-likeness (QED) is 0.352. The number of aromatic nitrogens is 1. The van der Waals surface area contributed by atoms with E-state index in [9.17, 15) is 14.7 Å². The molecule has 3 rings (SSSR count). The smallest absolute Gasteiger partial charge is 1.00 e. The van der Waals surface area contributed by atoms with Crippen LogP contribution < -0.4 is 39.6 Å². The molecule has 0 aliphatic heterocycles. The van der Waals surface area contributed by atoms with Gasteiger partial charge in [0.25, 0.3) is 5.91 Å². The zero-order chi connectivity index (χ0) is 25.9. The molecular formula is C29H33N2NaO4S. The molecule has 0 saturated carbocycles. The number of hydrogen-bond donors (Lipinski definition) is 2. The first-order chi connectivity index (χ1) is 17.4. The summed E-state index contributed by atoms with van der Waals surface area (Å²) in [6.07, 6.45) is 10.5. The number of hydrogen-bond acceptors (Lipinski definition) is 5. The Bertz CT molecular complexity index is 1240. The number of nitrogens with zero attached hydrogens (tertiary/aromatic N) is 1. The van der Waals surface area contributed by atoms with Crippen LogP contribution in [-0.4, -0.2) is 46.6 Å². The molecule has 6 nitrogen and oxygen atoms in total. The first-order valence-electron chi connectivity index (χ1n) is 11.9. The Kier molecular flexibility index (Phi) is 12.9. The van der Waals surface area contributed by atoms with Crippen molar-refractivity contribution in [1.82, 2.24) is 10.3 Å². The minimum Gasteiger partial charge on any atom is -1.00 e. The number of aliphatic carboxylic acids is 1. The van der Waals surface area contributed by atoms with Crippen molar-refractivity contribution in [3.8, 4) is 16.9 Å². The van der Waals surface area contributed by atoms with E-state index in [0.29, 0.717) is 24.3 Å². The van der Waals surface area contributed by atoms with Crippen LogP contribution in [-0.2, 0) is 4.79 Å². The Morgan fingerprint density at radius 3 is 2.65 bits per heavy atom. The Labute approximate surface area is 246 Å². The predicted octanol–water partition coefficient (Wildman–Crippen LogP) is 3.07. The monoisotopic (exact) mass is 528 g/mol. The number of ether oxygens (including phenoxy) is 1. The second-order valence-corrected chi connectivity index (χ2v) is 9.35. The number of benzene rings is 2. The van der Waals surface area contributed by atoms with Crippen LogP contribution in [0, 0.1) is 6.92 Å². The van der Waals surface area contributed by atoms with E-state index in [1.807, 2.05) is 67.8 Å². The van der Waals surface area contributed by atoms with Crippen molar-refractivity contribution in [2.75, 3.05) is 18.6 Å². The number of aryl methyl sites for hydroxylation is 1. The molecule has 0 bridgehead atoms. The fourth-order valence-corrected chi connectivity index (χ4v) is 4.21. The number of carboxylic acid groups (broad SMARTS) is 1. The fraction of sp³-hybridized carbons (Fsp3) is 0.276. The Morgan fingerprint density at radius 1 is 1.16 bits per heavy atom. The third-order valence-corrected chi connectivity index (χ3v) is 6.31. The van der Waals surface area contributed by atoms with Crippen LogP contribution in [0.2, 0.25) is 0 Å². The van der Waals surface area contributed by atoms with Crippen LogP contribution in [0.4, 0.5) is 0 Å². The van der Waals surface area contributed by atoms with Crippen molar-refractivity contribution in [2.45, 2.75) is 32.7 Å². The van der Waals surface area contributed by atoms with Crippen molar-refractivity contribution in [2.24, 2.45) is 0 Å². The van der Waals surface area contributed by atoms with Gasteiger partial charge in [0, 0.05) is 23.5 Å². The number of carbonyl (C=O) groups is 2. The van der Waals surface area contributed by atoms with Gasteiger partial charge in [-0.25, -0.2) is 4.79 Å². The standard InChI is InChI=1S/C29H32N2O4S.Na.H/c1-4-16-35-27-13-15-30-19-22(27)11-9-21-10-12-24(25(18-21)23-8-6-5-7-20(23)2)28(32)31-26(29(33)34)14-17-36-3;;/h5-13,15,18-19,26H,4,14,16-17H2,1-3H3,(H,31,32)(H,33,34);;/q;+1;-1/b11-9+;;. The van der Waals surface area contributed by atoms with Crippen LogP contribution in [0.3, 0.4) is 0 Å². The Balaban J connectivity index is 0.00000361. The maximum Gasteiger partial charge on any atom is 1.00 e. The Hall–Kier alpha value is -2.58. The molecule has 0 saturated heterocycles. The zero-order valence-electron chi connectivity index (χ0n) is 22.9. The SMILES string of the molecule is CCCOc1ccncc1/C=C/c1ccc(C(=O)NC(CCSC)C(=O)O)c(-c2ccccc2C)c1.[H-].[Na+]. The summed E-state index contributed by atoms with van der Waals surface area (Å²) in [5.74, 6) is -0.0286. The molecule has 8 heteroatoms. The summed E-state index contributed by atoms with van der Waals surface area (Å²) < 4.78 is 5.82. The van der Waals surface area contributed by atoms with Gasteiger partial charge in [-0.1, -0.05) is 43.3 Å². The minimum atomic E-state index is -1.04. The van der Waals surface area contributed by atoms with Gasteiger partial charge in [0.2, 0.25) is 0 Å². The molecule has 1 amide bonds. The molecule has 3 aromatic rings. The van der Waals surface area contributed by atoms with E-state index in [2.05, 4.69) is 17.2 Å². The molecule has 2 aromatic carbocycles. The molecule has 0 aliphatic carbocycles. The molecule has 0 radical (unpaired) electrons.